The molecule has 0 spiro atoms. The molecule has 4 atom stereocenters. The number of carbonyl (C=O) groups is 2. The van der Waals surface area contributed by atoms with E-state index in [2.05, 4.69) is 10.6 Å². The summed E-state index contributed by atoms with van der Waals surface area (Å²) in [6.07, 6.45) is 8.20. The van der Waals surface area contributed by atoms with E-state index >= 15 is 0 Å². The number of nitrogens with one attached hydrogen (secondary N) is 2. The van der Waals surface area contributed by atoms with Gasteiger partial charge in [-0.05, 0) is 50.4 Å². The maximum atomic E-state index is 12.2. The molecule has 0 aromatic carbocycles. The minimum Gasteiger partial charge on any atom is -0.335 e. The second-order valence-electron chi connectivity index (χ2n) is 7.57. The molecule has 0 aromatic heterocycles. The minimum absolute atomic E-state index is 0.0186. The van der Waals surface area contributed by atoms with Gasteiger partial charge in [-0.1, -0.05) is 26.2 Å². The molecule has 2 saturated carbocycles. The molecule has 0 aliphatic heterocycles. The Morgan fingerprint density at radius 3 is 2.44 bits per heavy atom. The highest BCUT2D eigenvalue weighted by Gasteiger charge is 2.42. The molecule has 4 unspecified atom stereocenters. The van der Waals surface area contributed by atoms with Gasteiger partial charge in [0.25, 0.3) is 0 Å². The molecular formula is C17H31N3O4S. The van der Waals surface area contributed by atoms with Crippen LogP contribution in [0, 0.1) is 17.8 Å². The van der Waals surface area contributed by atoms with Gasteiger partial charge >= 0.3 is 12.1 Å². The molecule has 2 bridgehead atoms. The topological polar surface area (TPSA) is 95.6 Å². The van der Waals surface area contributed by atoms with Gasteiger partial charge in [-0.2, -0.15) is 0 Å². The van der Waals surface area contributed by atoms with E-state index in [1.54, 1.807) is 0 Å². The lowest BCUT2D eigenvalue weighted by Crippen LogP contribution is -2.52. The van der Waals surface area contributed by atoms with E-state index in [9.17, 15) is 18.0 Å². The number of hydrogen-bond acceptors (Lipinski definition) is 4. The van der Waals surface area contributed by atoms with Crippen LogP contribution in [0.1, 0.15) is 58.8 Å². The van der Waals surface area contributed by atoms with Crippen molar-refractivity contribution in [1.29, 1.82) is 0 Å². The summed E-state index contributed by atoms with van der Waals surface area (Å²) in [6, 6.07) is -1.52. The zero-order valence-corrected chi connectivity index (χ0v) is 16.3. The van der Waals surface area contributed by atoms with E-state index in [1.807, 2.05) is 13.8 Å². The summed E-state index contributed by atoms with van der Waals surface area (Å²) in [5.41, 5.74) is 0. The maximum absolute atomic E-state index is 12.2. The van der Waals surface area contributed by atoms with Crippen molar-refractivity contribution in [2.45, 2.75) is 64.8 Å². The minimum atomic E-state index is -3.70. The fourth-order valence-corrected chi connectivity index (χ4v) is 5.15. The lowest BCUT2D eigenvalue weighted by Gasteiger charge is -2.28. The van der Waals surface area contributed by atoms with Gasteiger partial charge in [-0.3, -0.25) is 5.32 Å². The van der Waals surface area contributed by atoms with Crippen molar-refractivity contribution in [3.63, 3.8) is 0 Å². The monoisotopic (exact) mass is 373 g/mol. The van der Waals surface area contributed by atoms with E-state index in [4.69, 9.17) is 0 Å². The smallest absolute Gasteiger partial charge is 0.335 e. The number of nitrogens with zero attached hydrogens (tertiary/aromatic N) is 1. The van der Waals surface area contributed by atoms with Crippen LogP contribution < -0.4 is 10.6 Å². The van der Waals surface area contributed by atoms with Crippen LogP contribution in [0.2, 0.25) is 0 Å². The van der Waals surface area contributed by atoms with Crippen molar-refractivity contribution in [3.05, 3.63) is 0 Å². The van der Waals surface area contributed by atoms with Crippen LogP contribution in [0.3, 0.4) is 0 Å². The van der Waals surface area contributed by atoms with E-state index in [0.29, 0.717) is 18.3 Å². The Bertz CT molecular complexity index is 593. The molecule has 144 valence electrons. The molecule has 4 amide bonds. The van der Waals surface area contributed by atoms with Gasteiger partial charge < -0.3 is 5.32 Å². The van der Waals surface area contributed by atoms with Crippen molar-refractivity contribution in [3.8, 4) is 0 Å². The zero-order valence-electron chi connectivity index (χ0n) is 15.5. The third-order valence-electron chi connectivity index (χ3n) is 5.61. The number of fused-ring (bicyclic) bond motifs is 2. The normalized spacial score (nSPS) is 26.3. The van der Waals surface area contributed by atoms with E-state index in [1.165, 1.54) is 19.3 Å². The molecule has 2 rings (SSSR count). The number of amides is 4. The molecular weight excluding hydrogens is 342 g/mol. The number of hydrogen-bond donors (Lipinski definition) is 2. The van der Waals surface area contributed by atoms with Gasteiger partial charge in [-0.15, -0.1) is 0 Å². The number of imide groups is 1. The third kappa shape index (κ3) is 5.33. The summed E-state index contributed by atoms with van der Waals surface area (Å²) >= 11 is 0. The molecule has 0 saturated heterocycles. The molecule has 2 aliphatic carbocycles. The predicted octanol–water partition coefficient (Wildman–Crippen LogP) is 2.68. The lowest BCUT2D eigenvalue weighted by molar-refractivity contribution is 0.207. The fourth-order valence-electron chi connectivity index (χ4n) is 4.34. The highest BCUT2D eigenvalue weighted by atomic mass is 32.2. The van der Waals surface area contributed by atoms with Gasteiger partial charge in [0.2, 0.25) is 10.0 Å². The number of rotatable bonds is 7. The Labute approximate surface area is 151 Å². The fraction of sp³-hybridized carbons (Fsp3) is 0.882. The Kier molecular flexibility index (Phi) is 6.71. The van der Waals surface area contributed by atoms with Crippen LogP contribution in [0.4, 0.5) is 9.59 Å². The van der Waals surface area contributed by atoms with Crippen molar-refractivity contribution < 1.29 is 18.0 Å². The van der Waals surface area contributed by atoms with Gasteiger partial charge in [0, 0.05) is 12.6 Å². The molecule has 8 heteroatoms. The van der Waals surface area contributed by atoms with Crippen LogP contribution >= 0.6 is 0 Å². The molecule has 2 N–H and O–H groups in total. The van der Waals surface area contributed by atoms with E-state index in [0.717, 1.165) is 35.7 Å². The summed E-state index contributed by atoms with van der Waals surface area (Å²) in [4.78, 5) is 24.3. The third-order valence-corrected chi connectivity index (χ3v) is 6.75. The molecule has 0 heterocycles. The summed E-state index contributed by atoms with van der Waals surface area (Å²) < 4.78 is 24.3. The predicted molar refractivity (Wildman–Crippen MR) is 96.5 cm³/mol. The quantitative estimate of drug-likeness (QED) is 0.671. The van der Waals surface area contributed by atoms with Crippen LogP contribution in [-0.2, 0) is 10.0 Å². The van der Waals surface area contributed by atoms with E-state index in [-0.39, 0.29) is 12.6 Å². The van der Waals surface area contributed by atoms with E-state index < -0.39 is 22.1 Å². The first-order valence-electron chi connectivity index (χ1n) is 9.31. The summed E-state index contributed by atoms with van der Waals surface area (Å²) in [5.74, 6) is 1.90. The maximum Gasteiger partial charge on any atom is 0.339 e. The number of urea groups is 2. The first kappa shape index (κ1) is 20.0. The van der Waals surface area contributed by atoms with Gasteiger partial charge in [0.15, 0.2) is 0 Å². The Balaban J connectivity index is 1.85. The summed E-state index contributed by atoms with van der Waals surface area (Å²) in [7, 11) is -3.70. The highest BCUT2D eigenvalue weighted by molar-refractivity contribution is 7.88. The highest BCUT2D eigenvalue weighted by Crippen LogP contribution is 2.49. The second-order valence-corrected chi connectivity index (χ2v) is 9.48. The molecule has 0 radical (unpaired) electrons. The first-order valence-corrected chi connectivity index (χ1v) is 11.2. The first-order chi connectivity index (χ1) is 11.7. The van der Waals surface area contributed by atoms with Crippen molar-refractivity contribution in [2.24, 2.45) is 17.8 Å². The largest absolute Gasteiger partial charge is 0.339 e. The molecule has 7 nitrogen and oxygen atoms in total. The van der Waals surface area contributed by atoms with Gasteiger partial charge in [0.1, 0.15) is 0 Å². The summed E-state index contributed by atoms with van der Waals surface area (Å²) in [6.45, 7) is 4.05. The lowest BCUT2D eigenvalue weighted by atomic mass is 9.84. The number of carbonyl (C=O) groups excluding carboxylic acids is 2. The SMILES string of the molecule is CCCCCN(C(=O)NC(=O)NC(C)C1CC2CCC1C2)S(C)(=O)=O. The Hall–Kier alpha value is -1.31. The molecule has 2 aliphatic rings. The average Bonchev–Trinajstić information content (AvgIpc) is 3.12. The number of sulfonamides is 1. The standard InChI is InChI=1S/C17H31N3O4S/c1-4-5-6-9-20(25(3,23)24)17(22)19-16(21)18-12(2)15-11-13-7-8-14(15)10-13/h12-15H,4-11H2,1-3H3,(H2,18,19,21,22). The van der Waals surface area contributed by atoms with Crippen LogP contribution in [0.15, 0.2) is 0 Å². The Morgan fingerprint density at radius 2 is 1.92 bits per heavy atom. The molecule has 0 aromatic rings. The van der Waals surface area contributed by atoms with Gasteiger partial charge in [-0.25, -0.2) is 22.3 Å². The van der Waals surface area contributed by atoms with Gasteiger partial charge in [0.05, 0.1) is 6.26 Å². The Morgan fingerprint density at radius 1 is 1.20 bits per heavy atom. The average molecular weight is 374 g/mol. The molecule has 2 fully saturated rings. The zero-order chi connectivity index (χ0) is 18.6. The van der Waals surface area contributed by atoms with Crippen LogP contribution in [-0.4, -0.2) is 43.6 Å². The van der Waals surface area contributed by atoms with Crippen molar-refractivity contribution in [1.82, 2.24) is 14.9 Å². The molecule has 25 heavy (non-hydrogen) atoms. The van der Waals surface area contributed by atoms with Crippen molar-refractivity contribution in [2.75, 3.05) is 12.8 Å². The van der Waals surface area contributed by atoms with Crippen LogP contribution in [0.25, 0.3) is 0 Å². The van der Waals surface area contributed by atoms with Crippen molar-refractivity contribution >= 4 is 22.1 Å². The second kappa shape index (κ2) is 8.38. The van der Waals surface area contributed by atoms with Crippen LogP contribution in [0.5, 0.6) is 0 Å². The summed E-state index contributed by atoms with van der Waals surface area (Å²) in [5, 5.41) is 4.99. The number of unbranched alkanes of at least 4 members (excludes halogenated alkanes) is 2.